The van der Waals surface area contributed by atoms with Gasteiger partial charge in [-0.25, -0.2) is 14.4 Å². The van der Waals surface area contributed by atoms with Gasteiger partial charge in [0, 0.05) is 11.3 Å². The summed E-state index contributed by atoms with van der Waals surface area (Å²) in [6.07, 6.45) is 5.62. The zero-order valence-electron chi connectivity index (χ0n) is 23.2. The molecule has 8 heteroatoms. The summed E-state index contributed by atoms with van der Waals surface area (Å²) in [6.45, 7) is 3.74. The van der Waals surface area contributed by atoms with Crippen LogP contribution in [0.4, 0.5) is 9.59 Å². The van der Waals surface area contributed by atoms with E-state index in [-0.39, 0.29) is 24.5 Å². The van der Waals surface area contributed by atoms with Gasteiger partial charge in [0.05, 0.1) is 6.54 Å². The maximum Gasteiger partial charge on any atom is 0.407 e. The van der Waals surface area contributed by atoms with Gasteiger partial charge in [-0.05, 0) is 92.4 Å². The van der Waals surface area contributed by atoms with Crippen molar-refractivity contribution in [3.8, 4) is 11.1 Å². The SMILES string of the molecule is CC(C)(OC(=O)NC[C@H](NC(=O)OCC1c2ccccc2-c2ccccc21)C(=O)O)C12CC3CC(CC(C3)C1)C2. The Morgan fingerprint density at radius 3 is 1.95 bits per heavy atom. The minimum atomic E-state index is -1.36. The van der Waals surface area contributed by atoms with Crippen molar-refractivity contribution in [3.63, 3.8) is 0 Å². The average Bonchev–Trinajstić information content (AvgIpc) is 3.22. The fourth-order valence-electron chi connectivity index (χ4n) is 8.39. The molecule has 2 aromatic carbocycles. The van der Waals surface area contributed by atoms with E-state index < -0.39 is 29.8 Å². The Labute approximate surface area is 234 Å². The molecule has 0 heterocycles. The van der Waals surface area contributed by atoms with E-state index in [0.29, 0.717) is 0 Å². The van der Waals surface area contributed by atoms with Crippen LogP contribution in [0.1, 0.15) is 69.4 Å². The number of benzene rings is 2. The Hall–Kier alpha value is -3.55. The summed E-state index contributed by atoms with van der Waals surface area (Å²) in [5, 5.41) is 14.7. The van der Waals surface area contributed by atoms with Gasteiger partial charge >= 0.3 is 18.2 Å². The zero-order valence-corrected chi connectivity index (χ0v) is 23.2. The number of carbonyl (C=O) groups excluding carboxylic acids is 2. The van der Waals surface area contributed by atoms with Crippen LogP contribution in [0.5, 0.6) is 0 Å². The summed E-state index contributed by atoms with van der Waals surface area (Å²) < 4.78 is 11.4. The first-order valence-electron chi connectivity index (χ1n) is 14.5. The van der Waals surface area contributed by atoms with Gasteiger partial charge in [-0.15, -0.1) is 0 Å². The molecule has 212 valence electrons. The van der Waals surface area contributed by atoms with Crippen LogP contribution in [0.2, 0.25) is 0 Å². The topological polar surface area (TPSA) is 114 Å². The number of hydrogen-bond donors (Lipinski definition) is 3. The van der Waals surface area contributed by atoms with E-state index in [0.717, 1.165) is 59.3 Å². The number of ether oxygens (including phenoxy) is 2. The summed E-state index contributed by atoms with van der Waals surface area (Å²) in [6, 6.07) is 14.6. The van der Waals surface area contributed by atoms with Crippen LogP contribution < -0.4 is 10.6 Å². The molecule has 0 aromatic heterocycles. The van der Waals surface area contributed by atoms with Crippen LogP contribution in [-0.2, 0) is 14.3 Å². The van der Waals surface area contributed by atoms with Gasteiger partial charge in [-0.3, -0.25) is 0 Å². The van der Waals surface area contributed by atoms with Crippen LogP contribution in [-0.4, -0.2) is 48.1 Å². The molecule has 2 aromatic rings. The van der Waals surface area contributed by atoms with Crippen LogP contribution in [0.15, 0.2) is 48.5 Å². The number of alkyl carbamates (subject to hydrolysis) is 2. The summed E-state index contributed by atoms with van der Waals surface area (Å²) in [5.74, 6) is 0.746. The smallest absolute Gasteiger partial charge is 0.407 e. The van der Waals surface area contributed by atoms with Crippen molar-refractivity contribution in [2.45, 2.75) is 69.9 Å². The predicted octanol–water partition coefficient (Wildman–Crippen LogP) is 5.70. The summed E-state index contributed by atoms with van der Waals surface area (Å²) >= 11 is 0. The molecule has 5 aliphatic rings. The second-order valence-electron chi connectivity index (χ2n) is 12.8. The first-order chi connectivity index (χ1) is 19.1. The second kappa shape index (κ2) is 10.1. The van der Waals surface area contributed by atoms with Gasteiger partial charge in [0.15, 0.2) is 0 Å². The molecule has 0 saturated heterocycles. The molecule has 8 nitrogen and oxygen atoms in total. The van der Waals surface area contributed by atoms with Gasteiger partial charge in [-0.1, -0.05) is 48.5 Å². The Kier molecular flexibility index (Phi) is 6.75. The lowest BCUT2D eigenvalue weighted by molar-refractivity contribution is -0.162. The highest BCUT2D eigenvalue weighted by Gasteiger charge is 2.58. The maximum absolute atomic E-state index is 12.8. The third kappa shape index (κ3) is 4.82. The van der Waals surface area contributed by atoms with E-state index >= 15 is 0 Å². The van der Waals surface area contributed by atoms with E-state index in [4.69, 9.17) is 9.47 Å². The minimum absolute atomic E-state index is 0.0230. The lowest BCUT2D eigenvalue weighted by atomic mass is 9.46. The zero-order chi connectivity index (χ0) is 28.1. The summed E-state index contributed by atoms with van der Waals surface area (Å²) in [5.41, 5.74) is 3.66. The standard InChI is InChI=1S/C32H38N2O6/c1-31(2,32-14-19-11-20(15-32)13-21(12-19)16-32)40-29(37)33-17-27(28(35)36)34-30(38)39-18-26-24-9-5-3-7-22(24)23-8-4-6-10-25(23)26/h3-10,19-21,26-27H,11-18H2,1-2H3,(H,33,37)(H,34,38)(H,35,36)/t19?,20?,21?,27-,32?/m0/s1. The maximum atomic E-state index is 12.8. The van der Waals surface area contributed by atoms with Crippen molar-refractivity contribution in [2.24, 2.45) is 23.2 Å². The normalized spacial score (nSPS) is 26.9. The van der Waals surface area contributed by atoms with Gasteiger partial charge in [0.2, 0.25) is 0 Å². The van der Waals surface area contributed by atoms with Crippen molar-refractivity contribution in [1.82, 2.24) is 10.6 Å². The number of hydrogen-bond acceptors (Lipinski definition) is 5. The van der Waals surface area contributed by atoms with Crippen molar-refractivity contribution in [3.05, 3.63) is 59.7 Å². The Morgan fingerprint density at radius 1 is 0.900 bits per heavy atom. The first kappa shape index (κ1) is 26.7. The van der Waals surface area contributed by atoms with Crippen LogP contribution in [0.25, 0.3) is 11.1 Å². The summed E-state index contributed by atoms with van der Waals surface area (Å²) in [4.78, 5) is 37.3. The Balaban J connectivity index is 1.03. The molecule has 40 heavy (non-hydrogen) atoms. The highest BCUT2D eigenvalue weighted by Crippen LogP contribution is 2.64. The molecule has 1 atom stereocenters. The number of fused-ring (bicyclic) bond motifs is 3. The first-order valence-corrected chi connectivity index (χ1v) is 14.5. The highest BCUT2D eigenvalue weighted by molar-refractivity contribution is 5.81. The highest BCUT2D eigenvalue weighted by atomic mass is 16.6. The van der Waals surface area contributed by atoms with Gasteiger partial charge in [0.1, 0.15) is 18.2 Å². The quantitative estimate of drug-likeness (QED) is 0.391. The number of carboxylic acid groups (broad SMARTS) is 1. The molecule has 7 rings (SSSR count). The van der Waals surface area contributed by atoms with E-state index in [2.05, 4.69) is 10.6 Å². The number of carboxylic acids is 1. The predicted molar refractivity (Wildman–Crippen MR) is 149 cm³/mol. The van der Waals surface area contributed by atoms with E-state index in [9.17, 15) is 19.5 Å². The fraction of sp³-hybridized carbons (Fsp3) is 0.531. The molecule has 0 radical (unpaired) electrons. The van der Waals surface area contributed by atoms with Crippen LogP contribution >= 0.6 is 0 Å². The molecule has 4 bridgehead atoms. The number of aliphatic carboxylic acids is 1. The molecule has 0 unspecified atom stereocenters. The van der Waals surface area contributed by atoms with E-state index in [1.807, 2.05) is 62.4 Å². The van der Waals surface area contributed by atoms with Gasteiger partial charge < -0.3 is 25.2 Å². The molecular weight excluding hydrogens is 508 g/mol. The summed E-state index contributed by atoms with van der Waals surface area (Å²) in [7, 11) is 0. The molecule has 3 N–H and O–H groups in total. The van der Waals surface area contributed by atoms with Crippen molar-refractivity contribution in [2.75, 3.05) is 13.2 Å². The molecule has 5 aliphatic carbocycles. The molecule has 4 saturated carbocycles. The Morgan fingerprint density at radius 2 is 1.43 bits per heavy atom. The monoisotopic (exact) mass is 546 g/mol. The van der Waals surface area contributed by atoms with Crippen molar-refractivity contribution in [1.29, 1.82) is 0 Å². The van der Waals surface area contributed by atoms with Crippen LogP contribution in [0.3, 0.4) is 0 Å². The number of amides is 2. The third-order valence-electron chi connectivity index (χ3n) is 10.0. The molecule has 0 spiro atoms. The average molecular weight is 547 g/mol. The number of rotatable bonds is 8. The van der Waals surface area contributed by atoms with Crippen LogP contribution in [0, 0.1) is 23.2 Å². The largest absolute Gasteiger partial charge is 0.480 e. The van der Waals surface area contributed by atoms with E-state index in [1.165, 1.54) is 19.3 Å². The van der Waals surface area contributed by atoms with Crippen molar-refractivity contribution >= 4 is 18.2 Å². The fourth-order valence-corrected chi connectivity index (χ4v) is 8.39. The minimum Gasteiger partial charge on any atom is -0.480 e. The molecular formula is C32H38N2O6. The number of carbonyl (C=O) groups is 3. The second-order valence-corrected chi connectivity index (χ2v) is 12.8. The molecule has 0 aliphatic heterocycles. The molecule has 2 amide bonds. The van der Waals surface area contributed by atoms with Gasteiger partial charge in [-0.2, -0.15) is 0 Å². The van der Waals surface area contributed by atoms with E-state index in [1.54, 1.807) is 0 Å². The lowest BCUT2D eigenvalue weighted by Gasteiger charge is -2.61. The number of nitrogens with one attached hydrogen (secondary N) is 2. The van der Waals surface area contributed by atoms with Gasteiger partial charge in [0.25, 0.3) is 0 Å². The Bertz CT molecular complexity index is 1240. The molecule has 4 fully saturated rings. The third-order valence-corrected chi connectivity index (χ3v) is 10.0. The lowest BCUT2D eigenvalue weighted by Crippen LogP contribution is -2.58. The van der Waals surface area contributed by atoms with Crippen molar-refractivity contribution < 1.29 is 29.0 Å².